The van der Waals surface area contributed by atoms with Gasteiger partial charge in [0.25, 0.3) is 0 Å². The Balaban J connectivity index is 2.45. The van der Waals surface area contributed by atoms with E-state index in [1.165, 1.54) is 0 Å². The second-order valence-corrected chi connectivity index (χ2v) is 4.75. The highest BCUT2D eigenvalue weighted by Crippen LogP contribution is 2.61. The van der Waals surface area contributed by atoms with Crippen molar-refractivity contribution in [2.75, 3.05) is 0 Å². The molecule has 0 spiro atoms. The van der Waals surface area contributed by atoms with Crippen molar-refractivity contribution in [3.05, 3.63) is 12.2 Å². The van der Waals surface area contributed by atoms with Gasteiger partial charge in [0, 0.05) is 6.42 Å². The zero-order valence-electron chi connectivity index (χ0n) is 9.13. The first-order valence-electron chi connectivity index (χ1n) is 5.10. The Kier molecular flexibility index (Phi) is 2.94. The van der Waals surface area contributed by atoms with Crippen LogP contribution >= 0.6 is 0 Å². The number of ketones is 1. The molecule has 1 aliphatic carbocycles. The van der Waals surface area contributed by atoms with Gasteiger partial charge in [-0.15, -0.1) is 0 Å². The largest absolute Gasteiger partial charge is 0.300 e. The van der Waals surface area contributed by atoms with Crippen molar-refractivity contribution < 1.29 is 4.79 Å². The summed E-state index contributed by atoms with van der Waals surface area (Å²) in [5.74, 6) is 1.69. The molecule has 0 bridgehead atoms. The normalized spacial score (nSPS) is 30.8. The molecule has 0 unspecified atom stereocenters. The van der Waals surface area contributed by atoms with E-state index in [1.54, 1.807) is 6.92 Å². The Hall–Kier alpha value is -0.590. The van der Waals surface area contributed by atoms with Crippen LogP contribution in [0.1, 0.15) is 40.5 Å². The number of Topliss-reactive ketones (excluding diaryl/α,β-unsaturated/α-hetero) is 1. The van der Waals surface area contributed by atoms with Crippen LogP contribution in [0.5, 0.6) is 0 Å². The molecule has 0 N–H and O–H groups in total. The van der Waals surface area contributed by atoms with Gasteiger partial charge in [0.15, 0.2) is 0 Å². The van der Waals surface area contributed by atoms with Crippen molar-refractivity contribution in [3.8, 4) is 0 Å². The zero-order valence-corrected chi connectivity index (χ0v) is 9.13. The number of carbonyl (C=O) groups excluding carboxylic acids is 1. The van der Waals surface area contributed by atoms with E-state index in [9.17, 15) is 4.79 Å². The Bertz CT molecular complexity index is 225. The summed E-state index contributed by atoms with van der Waals surface area (Å²) in [5, 5.41) is 0. The van der Waals surface area contributed by atoms with Gasteiger partial charge >= 0.3 is 0 Å². The van der Waals surface area contributed by atoms with Crippen LogP contribution in [-0.2, 0) is 4.79 Å². The second kappa shape index (κ2) is 3.65. The van der Waals surface area contributed by atoms with Gasteiger partial charge < -0.3 is 4.79 Å². The first kappa shape index (κ1) is 10.5. The Morgan fingerprint density at radius 2 is 2.00 bits per heavy atom. The molecule has 0 radical (unpaired) electrons. The lowest BCUT2D eigenvalue weighted by Gasteiger charge is -1.99. The lowest BCUT2D eigenvalue weighted by atomic mass is 10.1. The summed E-state index contributed by atoms with van der Waals surface area (Å²) in [6.45, 7) is 8.29. The maximum atomic E-state index is 11.0. The van der Waals surface area contributed by atoms with Crippen molar-refractivity contribution in [3.63, 3.8) is 0 Å². The molecule has 1 rings (SSSR count). The van der Waals surface area contributed by atoms with Crippen molar-refractivity contribution in [2.24, 2.45) is 17.3 Å². The summed E-state index contributed by atoms with van der Waals surface area (Å²) < 4.78 is 0. The fraction of sp³-hybridized carbons (Fsp3) is 0.750. The monoisotopic (exact) mass is 180 g/mol. The van der Waals surface area contributed by atoms with Gasteiger partial charge in [0.2, 0.25) is 0 Å². The molecule has 0 saturated heterocycles. The Morgan fingerprint density at radius 1 is 1.38 bits per heavy atom. The third-order valence-corrected chi connectivity index (χ3v) is 3.42. The minimum absolute atomic E-state index is 0.334. The van der Waals surface area contributed by atoms with Gasteiger partial charge in [0.1, 0.15) is 5.78 Å². The van der Waals surface area contributed by atoms with E-state index in [-0.39, 0.29) is 0 Å². The molecule has 0 heterocycles. The standard InChI is InChI=1S/C12H20O/c1-5-6-7-10-11(8-9(2)13)12(10,3)4/h5-6,10-11H,7-8H2,1-4H3/t10-,11+/m1/s1. The van der Waals surface area contributed by atoms with Gasteiger partial charge in [-0.1, -0.05) is 26.0 Å². The average Bonchev–Trinajstić information content (AvgIpc) is 2.49. The van der Waals surface area contributed by atoms with E-state index in [0.29, 0.717) is 17.1 Å². The third-order valence-electron chi connectivity index (χ3n) is 3.42. The molecule has 0 aliphatic heterocycles. The molecule has 1 nitrogen and oxygen atoms in total. The molecular formula is C12H20O. The molecule has 2 atom stereocenters. The lowest BCUT2D eigenvalue weighted by Crippen LogP contribution is -1.96. The van der Waals surface area contributed by atoms with E-state index in [2.05, 4.69) is 32.9 Å². The molecule has 1 aliphatic rings. The first-order chi connectivity index (χ1) is 6.00. The maximum absolute atomic E-state index is 11.0. The number of rotatable bonds is 4. The van der Waals surface area contributed by atoms with E-state index in [1.807, 2.05) is 0 Å². The summed E-state index contributed by atoms with van der Waals surface area (Å²) in [4.78, 5) is 11.0. The van der Waals surface area contributed by atoms with Gasteiger partial charge in [-0.3, -0.25) is 0 Å². The summed E-state index contributed by atoms with van der Waals surface area (Å²) >= 11 is 0. The first-order valence-corrected chi connectivity index (χ1v) is 5.10. The molecule has 13 heavy (non-hydrogen) atoms. The van der Waals surface area contributed by atoms with Crippen LogP contribution in [0.2, 0.25) is 0 Å². The smallest absolute Gasteiger partial charge is 0.130 e. The van der Waals surface area contributed by atoms with Crippen molar-refractivity contribution >= 4 is 5.78 Å². The number of hydrogen-bond acceptors (Lipinski definition) is 1. The van der Waals surface area contributed by atoms with Gasteiger partial charge in [-0.2, -0.15) is 0 Å². The molecule has 0 aromatic rings. The quantitative estimate of drug-likeness (QED) is 0.607. The highest BCUT2D eigenvalue weighted by Gasteiger charge is 2.56. The Labute approximate surface area is 81.2 Å². The minimum Gasteiger partial charge on any atom is -0.300 e. The minimum atomic E-state index is 0.334. The molecule has 1 fully saturated rings. The molecule has 1 heteroatoms. The zero-order chi connectivity index (χ0) is 10.1. The highest BCUT2D eigenvalue weighted by molar-refractivity contribution is 5.76. The van der Waals surface area contributed by atoms with Crippen LogP contribution in [-0.4, -0.2) is 5.78 Å². The maximum Gasteiger partial charge on any atom is 0.130 e. The van der Waals surface area contributed by atoms with Crippen molar-refractivity contribution in [1.82, 2.24) is 0 Å². The molecule has 0 aromatic heterocycles. The SMILES string of the molecule is CC=CC[C@@H]1[C@H](CC(C)=O)C1(C)C. The van der Waals surface area contributed by atoms with Crippen molar-refractivity contribution in [2.45, 2.75) is 40.5 Å². The van der Waals surface area contributed by atoms with Gasteiger partial charge in [-0.05, 0) is 37.5 Å². The van der Waals surface area contributed by atoms with Crippen LogP contribution in [0.4, 0.5) is 0 Å². The molecule has 0 amide bonds. The summed E-state index contributed by atoms with van der Waals surface area (Å²) in [7, 11) is 0. The van der Waals surface area contributed by atoms with E-state index >= 15 is 0 Å². The lowest BCUT2D eigenvalue weighted by molar-refractivity contribution is -0.117. The topological polar surface area (TPSA) is 17.1 Å². The fourth-order valence-corrected chi connectivity index (χ4v) is 2.32. The van der Waals surface area contributed by atoms with Crippen LogP contribution in [0.15, 0.2) is 12.2 Å². The molecule has 1 saturated carbocycles. The van der Waals surface area contributed by atoms with Crippen LogP contribution in [0.25, 0.3) is 0 Å². The number of carbonyl (C=O) groups is 1. The van der Waals surface area contributed by atoms with E-state index in [4.69, 9.17) is 0 Å². The van der Waals surface area contributed by atoms with Gasteiger partial charge in [0.05, 0.1) is 0 Å². The van der Waals surface area contributed by atoms with E-state index in [0.717, 1.165) is 18.8 Å². The fourth-order valence-electron chi connectivity index (χ4n) is 2.32. The Morgan fingerprint density at radius 3 is 2.46 bits per heavy atom. The van der Waals surface area contributed by atoms with Crippen molar-refractivity contribution in [1.29, 1.82) is 0 Å². The second-order valence-electron chi connectivity index (χ2n) is 4.75. The molecule has 74 valence electrons. The number of hydrogen-bond donors (Lipinski definition) is 0. The predicted octanol–water partition coefficient (Wildman–Crippen LogP) is 3.20. The summed E-state index contributed by atoms with van der Waals surface area (Å²) in [6.07, 6.45) is 6.22. The van der Waals surface area contributed by atoms with Gasteiger partial charge in [-0.25, -0.2) is 0 Å². The van der Waals surface area contributed by atoms with Crippen LogP contribution < -0.4 is 0 Å². The van der Waals surface area contributed by atoms with E-state index < -0.39 is 0 Å². The molecular weight excluding hydrogens is 160 g/mol. The predicted molar refractivity (Wildman–Crippen MR) is 55.5 cm³/mol. The van der Waals surface area contributed by atoms with Crippen LogP contribution in [0, 0.1) is 17.3 Å². The highest BCUT2D eigenvalue weighted by atomic mass is 16.1. The number of allylic oxidation sites excluding steroid dienone is 2. The molecule has 0 aromatic carbocycles. The average molecular weight is 180 g/mol. The van der Waals surface area contributed by atoms with Crippen LogP contribution in [0.3, 0.4) is 0 Å². The summed E-state index contributed by atoms with van der Waals surface area (Å²) in [5.41, 5.74) is 0.394. The third kappa shape index (κ3) is 2.20. The summed E-state index contributed by atoms with van der Waals surface area (Å²) in [6, 6.07) is 0.